The molecule has 1 saturated heterocycles. The molecule has 1 unspecified atom stereocenters. The first-order chi connectivity index (χ1) is 19.7. The predicted molar refractivity (Wildman–Crippen MR) is 154 cm³/mol. The van der Waals surface area contributed by atoms with Gasteiger partial charge in [-0.1, -0.05) is 6.07 Å². The number of benzene rings is 1. The third-order valence-corrected chi connectivity index (χ3v) is 8.55. The minimum Gasteiger partial charge on any atom is -0.496 e. The summed E-state index contributed by atoms with van der Waals surface area (Å²) in [5.74, 6) is -2.47. The van der Waals surface area contributed by atoms with Crippen molar-refractivity contribution >= 4 is 23.0 Å². The summed E-state index contributed by atoms with van der Waals surface area (Å²) >= 11 is 0. The smallest absolute Gasteiger partial charge is 0.419 e. The number of hydrogen-bond acceptors (Lipinski definition) is 7. The van der Waals surface area contributed by atoms with Crippen molar-refractivity contribution in [2.45, 2.75) is 84.4 Å². The van der Waals surface area contributed by atoms with E-state index in [-0.39, 0.29) is 24.6 Å². The fourth-order valence-electron chi connectivity index (χ4n) is 6.76. The molecule has 8 nitrogen and oxygen atoms in total. The molecule has 0 radical (unpaired) electrons. The van der Waals surface area contributed by atoms with Crippen LogP contribution in [0.5, 0.6) is 5.75 Å². The lowest BCUT2D eigenvalue weighted by molar-refractivity contribution is -0.186. The Bertz CT molecular complexity index is 1530. The molecule has 3 heterocycles. The van der Waals surface area contributed by atoms with E-state index in [0.717, 1.165) is 27.6 Å². The molecule has 1 spiro atoms. The average Bonchev–Trinajstić information content (AvgIpc) is 3.35. The van der Waals surface area contributed by atoms with Crippen LogP contribution in [0, 0.1) is 19.3 Å². The maximum Gasteiger partial charge on any atom is 0.419 e. The minimum atomic E-state index is -2.63. The number of fused-ring (bicyclic) bond motifs is 1. The van der Waals surface area contributed by atoms with Gasteiger partial charge in [-0.05, 0) is 88.7 Å². The monoisotopic (exact) mass is 583 g/mol. The maximum absolute atomic E-state index is 14.1. The van der Waals surface area contributed by atoms with Gasteiger partial charge in [-0.15, -0.1) is 0 Å². The first-order valence-corrected chi connectivity index (χ1v) is 14.2. The quantitative estimate of drug-likeness (QED) is 0.300. The Morgan fingerprint density at radius 2 is 1.83 bits per heavy atom. The zero-order valence-corrected chi connectivity index (χ0v) is 25.3. The summed E-state index contributed by atoms with van der Waals surface area (Å²) in [6.45, 7) is 10.3. The molecular weight excluding hydrogens is 544 g/mol. The zero-order valence-electron chi connectivity index (χ0n) is 25.3. The molecule has 42 heavy (non-hydrogen) atoms. The lowest BCUT2D eigenvalue weighted by Crippen LogP contribution is -2.53. The molecule has 2 fully saturated rings. The number of carbonyl (C=O) groups is 2. The molecule has 5 rings (SSSR count). The zero-order chi connectivity index (χ0) is 30.6. The van der Waals surface area contributed by atoms with Gasteiger partial charge in [0, 0.05) is 48.3 Å². The van der Waals surface area contributed by atoms with Crippen LogP contribution in [-0.4, -0.2) is 58.8 Å². The number of aromatic nitrogens is 2. The maximum atomic E-state index is 14.1. The average molecular weight is 584 g/mol. The fourth-order valence-corrected chi connectivity index (χ4v) is 6.76. The molecule has 2 aromatic heterocycles. The molecule has 1 saturated carbocycles. The summed E-state index contributed by atoms with van der Waals surface area (Å²) in [4.78, 5) is 32.0. The summed E-state index contributed by atoms with van der Waals surface area (Å²) in [6, 6.07) is 7.11. The van der Waals surface area contributed by atoms with E-state index in [0.29, 0.717) is 37.4 Å². The number of ether oxygens (including phenoxy) is 3. The second kappa shape index (κ2) is 10.6. The summed E-state index contributed by atoms with van der Waals surface area (Å²) < 4.78 is 46.1. The largest absolute Gasteiger partial charge is 0.496 e. The molecule has 3 aromatic rings. The van der Waals surface area contributed by atoms with Crippen molar-refractivity contribution in [1.29, 1.82) is 0 Å². The molecular formula is C32H39F2N3O5. The summed E-state index contributed by atoms with van der Waals surface area (Å²) in [7, 11) is 2.93. The van der Waals surface area contributed by atoms with Gasteiger partial charge >= 0.3 is 12.1 Å². The van der Waals surface area contributed by atoms with Gasteiger partial charge in [0.2, 0.25) is 5.92 Å². The number of pyridine rings is 1. The third kappa shape index (κ3) is 5.61. The van der Waals surface area contributed by atoms with Gasteiger partial charge in [0.25, 0.3) is 0 Å². The van der Waals surface area contributed by atoms with E-state index in [9.17, 15) is 18.4 Å². The summed E-state index contributed by atoms with van der Waals surface area (Å²) in [5.41, 5.74) is 3.17. The van der Waals surface area contributed by atoms with Gasteiger partial charge in [0.15, 0.2) is 0 Å². The summed E-state index contributed by atoms with van der Waals surface area (Å²) in [5, 5.41) is 0.864. The van der Waals surface area contributed by atoms with E-state index in [1.165, 1.54) is 11.7 Å². The second-order valence-corrected chi connectivity index (χ2v) is 12.8. The number of methoxy groups -OCH3 is 2. The number of alkyl halides is 2. The number of piperidine rings is 1. The van der Waals surface area contributed by atoms with Gasteiger partial charge in [0.05, 0.1) is 19.7 Å². The number of esters is 1. The lowest BCUT2D eigenvalue weighted by Gasteiger charge is -2.55. The van der Waals surface area contributed by atoms with Gasteiger partial charge < -0.3 is 14.2 Å². The predicted octanol–water partition coefficient (Wildman–Crippen LogP) is 6.98. The molecule has 1 aromatic carbocycles. The van der Waals surface area contributed by atoms with Crippen LogP contribution in [0.3, 0.4) is 0 Å². The molecule has 0 N–H and O–H groups in total. The molecule has 0 bridgehead atoms. The van der Waals surface area contributed by atoms with Crippen LogP contribution >= 0.6 is 0 Å². The highest BCUT2D eigenvalue weighted by molar-refractivity contribution is 5.95. The molecule has 226 valence electrons. The molecule has 1 aliphatic carbocycles. The normalized spacial score (nSPS) is 19.9. The highest BCUT2D eigenvalue weighted by Crippen LogP contribution is 2.60. The van der Waals surface area contributed by atoms with Crippen LogP contribution in [0.15, 0.2) is 30.5 Å². The Morgan fingerprint density at radius 3 is 2.43 bits per heavy atom. The lowest BCUT2D eigenvalue weighted by atomic mass is 9.59. The van der Waals surface area contributed by atoms with E-state index < -0.39 is 29.0 Å². The first kappa shape index (κ1) is 29.9. The fraction of sp³-hybridized carbons (Fsp3) is 0.531. The standard InChI is InChI=1S/C32H39F2N3O5/c1-19-14-26(40-6)23(22-10-12-37(27(19)22)29(39)42-30(3,4)5)16-36-13-11-31(17-32(33,34)18-31)15-25(36)21-8-9-24(28(38)41-7)35-20(21)2/h8-10,12,14,25H,11,13,15-18H2,1-7H3. The van der Waals surface area contributed by atoms with E-state index in [1.54, 1.807) is 19.4 Å². The van der Waals surface area contributed by atoms with Crippen molar-refractivity contribution in [2.75, 3.05) is 20.8 Å². The number of rotatable bonds is 5. The number of hydrogen-bond donors (Lipinski definition) is 0. The number of aryl methyl sites for hydroxylation is 2. The van der Waals surface area contributed by atoms with E-state index in [1.807, 2.05) is 52.8 Å². The van der Waals surface area contributed by atoms with Gasteiger partial charge in [0.1, 0.15) is 17.0 Å². The summed E-state index contributed by atoms with van der Waals surface area (Å²) in [6.07, 6.45) is 2.23. The highest BCUT2D eigenvalue weighted by atomic mass is 19.3. The van der Waals surface area contributed by atoms with E-state index >= 15 is 0 Å². The van der Waals surface area contributed by atoms with Crippen LogP contribution in [-0.2, 0) is 16.0 Å². The Kier molecular flexibility index (Phi) is 7.58. The van der Waals surface area contributed by atoms with Gasteiger partial charge in [-0.2, -0.15) is 0 Å². The van der Waals surface area contributed by atoms with Crippen molar-refractivity contribution in [3.8, 4) is 5.75 Å². The van der Waals surface area contributed by atoms with Crippen LogP contribution in [0.25, 0.3) is 10.9 Å². The molecule has 1 aliphatic heterocycles. The molecule has 1 atom stereocenters. The Labute approximate surface area is 244 Å². The Morgan fingerprint density at radius 1 is 1.12 bits per heavy atom. The van der Waals surface area contributed by atoms with E-state index in [4.69, 9.17) is 14.2 Å². The van der Waals surface area contributed by atoms with Crippen molar-refractivity contribution in [1.82, 2.24) is 14.5 Å². The topological polar surface area (TPSA) is 82.9 Å². The Hall–Kier alpha value is -3.53. The number of halogens is 2. The number of nitrogens with zero attached hydrogens (tertiary/aromatic N) is 3. The first-order valence-electron chi connectivity index (χ1n) is 14.2. The van der Waals surface area contributed by atoms with Gasteiger partial charge in [-0.3, -0.25) is 9.47 Å². The second-order valence-electron chi connectivity index (χ2n) is 12.8. The minimum absolute atomic E-state index is 0.117. The van der Waals surface area contributed by atoms with Crippen molar-refractivity contribution in [2.24, 2.45) is 5.41 Å². The van der Waals surface area contributed by atoms with Crippen molar-refractivity contribution < 1.29 is 32.6 Å². The highest BCUT2D eigenvalue weighted by Gasteiger charge is 2.58. The van der Waals surface area contributed by atoms with Crippen LogP contribution < -0.4 is 4.74 Å². The van der Waals surface area contributed by atoms with Crippen molar-refractivity contribution in [3.05, 3.63) is 58.5 Å². The van der Waals surface area contributed by atoms with Crippen LogP contribution in [0.2, 0.25) is 0 Å². The van der Waals surface area contributed by atoms with Gasteiger partial charge in [-0.25, -0.2) is 23.4 Å². The van der Waals surface area contributed by atoms with Crippen molar-refractivity contribution in [3.63, 3.8) is 0 Å². The van der Waals surface area contributed by atoms with E-state index in [2.05, 4.69) is 9.88 Å². The van der Waals surface area contributed by atoms with Crippen LogP contribution in [0.1, 0.15) is 85.4 Å². The molecule has 10 heteroatoms. The molecule has 0 amide bonds. The molecule has 2 aliphatic rings. The number of likely N-dealkylation sites (tertiary alicyclic amines) is 1. The Balaban J connectivity index is 1.55. The third-order valence-electron chi connectivity index (χ3n) is 8.55. The van der Waals surface area contributed by atoms with Crippen LogP contribution in [0.4, 0.5) is 13.6 Å². The number of carbonyl (C=O) groups excluding carboxylic acids is 2. The SMILES string of the molecule is COC(=O)c1ccc(C2CC3(CCN2Cc2c(OC)cc(C)c4c2ccn4C(=O)OC(C)(C)C)CC(F)(F)C3)c(C)n1.